The van der Waals surface area contributed by atoms with Crippen LogP contribution in [-0.4, -0.2) is 20.2 Å². The van der Waals surface area contributed by atoms with E-state index in [1.807, 2.05) is 36.4 Å². The summed E-state index contributed by atoms with van der Waals surface area (Å²) in [5, 5.41) is 4.27. The molecular formula is C21H19ClN4O3. The monoisotopic (exact) mass is 410 g/mol. The van der Waals surface area contributed by atoms with Crippen molar-refractivity contribution in [2.45, 2.75) is 12.6 Å². The molecule has 3 aromatic heterocycles. The lowest BCUT2D eigenvalue weighted by Gasteiger charge is -2.26. The number of hydrogen-bond donors (Lipinski definition) is 1. The fourth-order valence-electron chi connectivity index (χ4n) is 4.30. The topological polar surface area (TPSA) is 74.1 Å². The Morgan fingerprint density at radius 1 is 1.07 bits per heavy atom. The minimum atomic E-state index is -0.364. The third-order valence-electron chi connectivity index (χ3n) is 5.59. The van der Waals surface area contributed by atoms with Crippen LogP contribution in [0, 0.1) is 0 Å². The van der Waals surface area contributed by atoms with Crippen LogP contribution in [0.3, 0.4) is 0 Å². The molecule has 29 heavy (non-hydrogen) atoms. The van der Waals surface area contributed by atoms with Gasteiger partial charge in [-0.05, 0) is 29.3 Å². The molecule has 7 nitrogen and oxygen atoms in total. The molecule has 0 amide bonds. The lowest BCUT2D eigenvalue weighted by Crippen LogP contribution is -2.38. The Bertz CT molecular complexity index is 1360. The van der Waals surface area contributed by atoms with Crippen LogP contribution in [0.1, 0.15) is 17.5 Å². The quantitative estimate of drug-likeness (QED) is 0.551. The van der Waals surface area contributed by atoms with Gasteiger partial charge in [0.2, 0.25) is 0 Å². The minimum absolute atomic E-state index is 0.294. The summed E-state index contributed by atoms with van der Waals surface area (Å²) in [5.74, 6) is 0.642. The molecule has 5 rings (SSSR count). The zero-order valence-corrected chi connectivity index (χ0v) is 16.7. The van der Waals surface area contributed by atoms with E-state index in [1.165, 1.54) is 7.05 Å². The van der Waals surface area contributed by atoms with Gasteiger partial charge in [-0.2, -0.15) is 0 Å². The zero-order valence-electron chi connectivity index (χ0n) is 16.0. The van der Waals surface area contributed by atoms with Crippen LogP contribution in [0.2, 0.25) is 5.22 Å². The van der Waals surface area contributed by atoms with Crippen LogP contribution in [0.5, 0.6) is 0 Å². The Morgan fingerprint density at radius 3 is 2.52 bits per heavy atom. The van der Waals surface area contributed by atoms with Crippen LogP contribution >= 0.6 is 11.6 Å². The summed E-state index contributed by atoms with van der Waals surface area (Å²) >= 11 is 6.02. The maximum Gasteiger partial charge on any atom is 0.331 e. The molecule has 1 unspecified atom stereocenters. The number of halogens is 1. The molecule has 0 saturated carbocycles. The van der Waals surface area contributed by atoms with Gasteiger partial charge in [-0.25, -0.2) is 4.79 Å². The Kier molecular flexibility index (Phi) is 4.04. The first kappa shape index (κ1) is 18.0. The van der Waals surface area contributed by atoms with E-state index < -0.39 is 0 Å². The van der Waals surface area contributed by atoms with Crippen molar-refractivity contribution in [3.8, 4) is 11.3 Å². The van der Waals surface area contributed by atoms with Crippen molar-refractivity contribution in [3.05, 3.63) is 80.0 Å². The molecule has 1 aromatic carbocycles. The van der Waals surface area contributed by atoms with E-state index in [2.05, 4.69) is 9.88 Å². The SMILES string of the molecule is Cn1c(=O)c2c(-c3ccccc3)n3c(c2n(C)c1=O)C(c1ccc(Cl)o1)NCC3. The van der Waals surface area contributed by atoms with E-state index in [4.69, 9.17) is 16.0 Å². The smallest absolute Gasteiger partial charge is 0.331 e. The number of fused-ring (bicyclic) bond motifs is 3. The average molecular weight is 411 g/mol. The van der Waals surface area contributed by atoms with Crippen LogP contribution in [-0.2, 0) is 20.6 Å². The van der Waals surface area contributed by atoms with Gasteiger partial charge in [-0.15, -0.1) is 0 Å². The maximum absolute atomic E-state index is 13.2. The molecule has 1 aliphatic rings. The van der Waals surface area contributed by atoms with Crippen molar-refractivity contribution >= 4 is 22.5 Å². The Hall–Kier alpha value is -3.03. The summed E-state index contributed by atoms with van der Waals surface area (Å²) in [6.45, 7) is 1.35. The van der Waals surface area contributed by atoms with E-state index in [-0.39, 0.29) is 17.3 Å². The fraction of sp³-hybridized carbons (Fsp3) is 0.238. The van der Waals surface area contributed by atoms with Crippen molar-refractivity contribution in [1.29, 1.82) is 0 Å². The van der Waals surface area contributed by atoms with Crippen molar-refractivity contribution in [2.24, 2.45) is 14.1 Å². The number of aryl methyl sites for hydroxylation is 1. The molecule has 4 aromatic rings. The van der Waals surface area contributed by atoms with E-state index in [0.29, 0.717) is 35.0 Å². The highest BCUT2D eigenvalue weighted by Gasteiger charge is 2.33. The maximum atomic E-state index is 13.2. The summed E-state index contributed by atoms with van der Waals surface area (Å²) in [7, 11) is 3.21. The van der Waals surface area contributed by atoms with Gasteiger partial charge in [-0.1, -0.05) is 30.3 Å². The molecule has 4 heterocycles. The molecule has 0 aliphatic carbocycles. The molecule has 148 valence electrons. The number of rotatable bonds is 2. The molecule has 1 atom stereocenters. The second kappa shape index (κ2) is 6.50. The van der Waals surface area contributed by atoms with E-state index in [1.54, 1.807) is 17.7 Å². The molecule has 1 aliphatic heterocycles. The number of nitrogens with one attached hydrogen (secondary N) is 1. The summed E-state index contributed by atoms with van der Waals surface area (Å²) in [5.41, 5.74) is 2.51. The second-order valence-corrected chi connectivity index (χ2v) is 7.58. The Labute approximate surface area is 170 Å². The second-order valence-electron chi connectivity index (χ2n) is 7.21. The Morgan fingerprint density at radius 2 is 1.83 bits per heavy atom. The van der Waals surface area contributed by atoms with Gasteiger partial charge in [0.25, 0.3) is 5.56 Å². The van der Waals surface area contributed by atoms with Crippen molar-refractivity contribution in [3.63, 3.8) is 0 Å². The third kappa shape index (κ3) is 2.54. The predicted molar refractivity (Wildman–Crippen MR) is 111 cm³/mol. The first-order valence-electron chi connectivity index (χ1n) is 9.35. The fourth-order valence-corrected chi connectivity index (χ4v) is 4.45. The Balaban J connectivity index is 1.97. The van der Waals surface area contributed by atoms with Crippen LogP contribution < -0.4 is 16.6 Å². The molecule has 0 spiro atoms. The highest BCUT2D eigenvalue weighted by molar-refractivity contribution is 6.28. The summed E-state index contributed by atoms with van der Waals surface area (Å²) < 4.78 is 10.5. The van der Waals surface area contributed by atoms with Gasteiger partial charge in [0.15, 0.2) is 5.22 Å². The van der Waals surface area contributed by atoms with Gasteiger partial charge in [0.05, 0.1) is 22.3 Å². The molecular weight excluding hydrogens is 392 g/mol. The van der Waals surface area contributed by atoms with Crippen LogP contribution in [0.25, 0.3) is 22.2 Å². The summed E-state index contributed by atoms with van der Waals surface area (Å²) in [6, 6.07) is 13.0. The van der Waals surface area contributed by atoms with Gasteiger partial charge >= 0.3 is 5.69 Å². The van der Waals surface area contributed by atoms with Gasteiger partial charge in [-0.3, -0.25) is 13.9 Å². The summed E-state index contributed by atoms with van der Waals surface area (Å²) in [4.78, 5) is 26.0. The van der Waals surface area contributed by atoms with Crippen LogP contribution in [0.15, 0.2) is 56.5 Å². The first-order chi connectivity index (χ1) is 14.0. The van der Waals surface area contributed by atoms with Crippen molar-refractivity contribution in [2.75, 3.05) is 6.54 Å². The minimum Gasteiger partial charge on any atom is -0.448 e. The predicted octanol–water partition coefficient (Wildman–Crippen LogP) is 2.64. The highest BCUT2D eigenvalue weighted by Crippen LogP contribution is 2.39. The van der Waals surface area contributed by atoms with Gasteiger partial charge in [0, 0.05) is 27.2 Å². The van der Waals surface area contributed by atoms with E-state index in [0.717, 1.165) is 21.5 Å². The third-order valence-corrected chi connectivity index (χ3v) is 5.79. The number of furan rings is 1. The lowest BCUT2D eigenvalue weighted by molar-refractivity contribution is 0.399. The average Bonchev–Trinajstić information content (AvgIpc) is 3.32. The number of benzene rings is 1. The summed E-state index contributed by atoms with van der Waals surface area (Å²) in [6.07, 6.45) is 0. The molecule has 0 bridgehead atoms. The van der Waals surface area contributed by atoms with Crippen molar-refractivity contribution < 1.29 is 4.42 Å². The molecule has 0 radical (unpaired) electrons. The van der Waals surface area contributed by atoms with Gasteiger partial charge in [0.1, 0.15) is 11.8 Å². The van der Waals surface area contributed by atoms with Crippen molar-refractivity contribution in [1.82, 2.24) is 19.0 Å². The first-order valence-corrected chi connectivity index (χ1v) is 9.73. The standard InChI is InChI=1S/C21H19ClN4O3/c1-24-18-15(20(27)25(2)21(24)28)17(12-6-4-3-5-7-12)26-11-10-23-16(19(18)26)13-8-9-14(22)29-13/h3-9,16,23H,10-11H2,1-2H3. The lowest BCUT2D eigenvalue weighted by atomic mass is 10.1. The molecule has 8 heteroatoms. The zero-order chi connectivity index (χ0) is 20.3. The largest absolute Gasteiger partial charge is 0.448 e. The number of hydrogen-bond acceptors (Lipinski definition) is 4. The molecule has 1 N–H and O–H groups in total. The van der Waals surface area contributed by atoms with E-state index in [9.17, 15) is 9.59 Å². The highest BCUT2D eigenvalue weighted by atomic mass is 35.5. The van der Waals surface area contributed by atoms with Crippen LogP contribution in [0.4, 0.5) is 0 Å². The van der Waals surface area contributed by atoms with E-state index >= 15 is 0 Å². The number of aromatic nitrogens is 3. The van der Waals surface area contributed by atoms with Gasteiger partial charge < -0.3 is 14.3 Å². The normalized spacial score (nSPS) is 16.3. The molecule has 0 fully saturated rings. The number of nitrogens with zero attached hydrogens (tertiary/aromatic N) is 3. The molecule has 0 saturated heterocycles.